The van der Waals surface area contributed by atoms with Crippen LogP contribution in [-0.2, 0) is 124 Å². The van der Waals surface area contributed by atoms with Crippen LogP contribution < -0.4 is 0 Å². The first kappa shape index (κ1) is 114. The Morgan fingerprint density at radius 1 is 0.218 bits per heavy atom. The molecule has 646 valence electrons. The van der Waals surface area contributed by atoms with Crippen molar-refractivity contribution in [2.24, 2.45) is 94.7 Å². The lowest BCUT2D eigenvalue weighted by Gasteiger charge is -2.28. The molecular formula is C84H154O26. The van der Waals surface area contributed by atoms with Crippen molar-refractivity contribution in [1.82, 2.24) is 0 Å². The average molecular weight is 1580 g/mol. The lowest BCUT2D eigenvalue weighted by Crippen LogP contribution is -2.34. The number of esters is 13. The van der Waals surface area contributed by atoms with E-state index < -0.39 is 113 Å². The summed E-state index contributed by atoms with van der Waals surface area (Å²) in [4.78, 5) is 164. The highest BCUT2D eigenvalue weighted by Crippen LogP contribution is 2.36. The third kappa shape index (κ3) is 48.1. The maximum Gasteiger partial charge on any atom is 0.308 e. The van der Waals surface area contributed by atoms with Gasteiger partial charge in [-0.3, -0.25) is 62.3 Å². The van der Waals surface area contributed by atoms with Gasteiger partial charge >= 0.3 is 77.6 Å². The van der Waals surface area contributed by atoms with Crippen molar-refractivity contribution in [2.75, 3.05) is 89.9 Å². The van der Waals surface area contributed by atoms with Gasteiger partial charge in [-0.25, -0.2) is 0 Å². The van der Waals surface area contributed by atoms with E-state index in [0.717, 1.165) is 125 Å². The Morgan fingerprint density at radius 2 is 0.418 bits per heavy atom. The van der Waals surface area contributed by atoms with E-state index in [1.165, 1.54) is 21.3 Å². The smallest absolute Gasteiger partial charge is 0.308 e. The third-order valence-corrected chi connectivity index (χ3v) is 20.3. The molecule has 0 aliphatic carbocycles. The topological polar surface area (TPSA) is 342 Å². The minimum Gasteiger partial charge on any atom is -0.469 e. The van der Waals surface area contributed by atoms with Gasteiger partial charge in [-0.05, 0) is 120 Å². The van der Waals surface area contributed by atoms with Gasteiger partial charge in [0.1, 0.15) is 13.2 Å². The molecule has 0 aliphatic rings. The summed E-state index contributed by atoms with van der Waals surface area (Å²) in [7, 11) is 9.25. The van der Waals surface area contributed by atoms with Gasteiger partial charge in [0.05, 0.1) is 154 Å². The molecule has 0 aromatic rings. The van der Waals surface area contributed by atoms with Gasteiger partial charge in [0.15, 0.2) is 0 Å². The number of hydrogen-bond donors (Lipinski definition) is 0. The first-order chi connectivity index (χ1) is 50.8. The van der Waals surface area contributed by atoms with E-state index in [2.05, 4.69) is 41.5 Å². The highest BCUT2D eigenvalue weighted by Gasteiger charge is 2.41. The molecule has 0 aromatic carbocycles. The molecule has 16 atom stereocenters. The summed E-state index contributed by atoms with van der Waals surface area (Å²) in [5.74, 6) is -15.3. The van der Waals surface area contributed by atoms with E-state index in [-0.39, 0.29) is 122 Å². The predicted molar refractivity (Wildman–Crippen MR) is 422 cm³/mol. The number of carbonyl (C=O) groups is 13. The van der Waals surface area contributed by atoms with Crippen LogP contribution in [-0.4, -0.2) is 168 Å². The van der Waals surface area contributed by atoms with Gasteiger partial charge in [-0.2, -0.15) is 0 Å². The molecule has 0 aromatic heterocycles. The van der Waals surface area contributed by atoms with Crippen molar-refractivity contribution in [3.63, 3.8) is 0 Å². The molecule has 0 bridgehead atoms. The van der Waals surface area contributed by atoms with Gasteiger partial charge in [0.25, 0.3) is 0 Å². The molecule has 0 saturated heterocycles. The lowest BCUT2D eigenvalue weighted by molar-refractivity contribution is -0.158. The minimum absolute atomic E-state index is 0. The average Bonchev–Trinajstić information content (AvgIpc) is 0.848. The first-order valence-electron chi connectivity index (χ1n) is 39.3. The van der Waals surface area contributed by atoms with Crippen LogP contribution in [0.25, 0.3) is 0 Å². The van der Waals surface area contributed by atoms with Gasteiger partial charge < -0.3 is 61.6 Å². The number of hydrogen-bond acceptors (Lipinski definition) is 26. The fourth-order valence-electron chi connectivity index (χ4n) is 12.3. The van der Waals surface area contributed by atoms with Crippen molar-refractivity contribution >= 4 is 77.6 Å². The Balaban J connectivity index is -0.000000405. The molecule has 0 saturated carbocycles. The summed E-state index contributed by atoms with van der Waals surface area (Å²) in [6.45, 7) is 29.0. The van der Waals surface area contributed by atoms with Crippen LogP contribution in [0.5, 0.6) is 0 Å². The molecule has 16 unspecified atom stereocenters. The Labute approximate surface area is 663 Å². The normalized spacial score (nSPS) is 15.0. The highest BCUT2D eigenvalue weighted by atomic mass is 16.6. The second kappa shape index (κ2) is 68.9. The zero-order chi connectivity index (χ0) is 82.1. The number of unbranched alkanes of at least 4 members (excludes halogenated alkanes) is 3. The maximum absolute atomic E-state index is 13.4. The molecule has 0 amide bonds. The van der Waals surface area contributed by atoms with Crippen molar-refractivity contribution < 1.29 is 124 Å². The number of methoxy groups -OCH3 is 8. The Kier molecular flexibility index (Phi) is 71.4. The molecule has 110 heavy (non-hydrogen) atoms. The summed E-state index contributed by atoms with van der Waals surface area (Å²) in [6.07, 6.45) is 14.7. The van der Waals surface area contributed by atoms with Crippen LogP contribution in [0, 0.1) is 94.7 Å². The second-order valence-electron chi connectivity index (χ2n) is 28.3. The van der Waals surface area contributed by atoms with E-state index >= 15 is 0 Å². The Bertz CT molecular complexity index is 2510. The van der Waals surface area contributed by atoms with Gasteiger partial charge in [-0.1, -0.05) is 177 Å². The van der Waals surface area contributed by atoms with E-state index in [4.69, 9.17) is 61.6 Å². The molecule has 0 N–H and O–H groups in total. The zero-order valence-electron chi connectivity index (χ0n) is 69.6. The van der Waals surface area contributed by atoms with Crippen LogP contribution in [0.15, 0.2) is 0 Å². The number of rotatable bonds is 56. The summed E-state index contributed by atoms with van der Waals surface area (Å²) < 4.78 is 66.6. The Morgan fingerprint density at radius 3 is 0.655 bits per heavy atom. The SMILES string of the molecule is C.C.C.CCC(C)C(=O)OCCOC(=O)C(C)CC.CCC(CC(CC(CC(CC(CC(CC(CC(C)C(=O)OC)C(=O)OC)C(=O)OC)C(=O)OC)C(=O)OC)C(=O)OC)C(=O)OC)C(=O)OC.CCCCC(CC)COC(=O)C(C)CC(CC(CC)C(=O)OCC(CC)CCCC)C(=O)OCC(CC)CCCC. The minimum atomic E-state index is -1.15. The summed E-state index contributed by atoms with van der Waals surface area (Å²) in [5, 5.41) is 0. The molecule has 0 radical (unpaired) electrons. The van der Waals surface area contributed by atoms with Crippen LogP contribution in [0.2, 0.25) is 0 Å². The second-order valence-corrected chi connectivity index (χ2v) is 28.3. The summed E-state index contributed by atoms with van der Waals surface area (Å²) >= 11 is 0. The van der Waals surface area contributed by atoms with Crippen molar-refractivity contribution in [3.05, 3.63) is 0 Å². The van der Waals surface area contributed by atoms with E-state index in [9.17, 15) is 62.3 Å². The fourth-order valence-corrected chi connectivity index (χ4v) is 12.3. The van der Waals surface area contributed by atoms with Gasteiger partial charge in [0.2, 0.25) is 0 Å². The predicted octanol–water partition coefficient (Wildman–Crippen LogP) is 15.9. The zero-order valence-corrected chi connectivity index (χ0v) is 69.6. The highest BCUT2D eigenvalue weighted by molar-refractivity contribution is 5.82. The van der Waals surface area contributed by atoms with Crippen molar-refractivity contribution in [1.29, 1.82) is 0 Å². The standard InChI is InChI=1S/C35H66O6.C34H54O16.C12H22O4.3CH4/c1-9-16-19-28(12-4)24-39-33(36)27(8)22-32(35(38)41-26-30(14-6)21-18-11-3)23-31(15-7)34(37)40-25-29(13-5)20-17-10-2;1-11-20(28(36)44-4)13-22(30(38)46-6)15-24(32(40)48-8)17-26(34(42)50-10)18-25(33(41)49-9)16-23(31(39)47-7)14-21(29(37)45-5)12-19(2)27(35)43-3;1-5-9(3)11(13)15-7-8-16-12(14)10(4)6-2;;;/h27-32H,9-26H2,1-8H3;19-26H,11-18H2,1-10H3;9-10H,5-8H2,1-4H3;3*1H4. The molecule has 0 aliphatic heterocycles. The van der Waals surface area contributed by atoms with Gasteiger partial charge in [-0.15, -0.1) is 0 Å². The van der Waals surface area contributed by atoms with Crippen LogP contribution >= 0.6 is 0 Å². The molecule has 26 nitrogen and oxygen atoms in total. The summed E-state index contributed by atoms with van der Waals surface area (Å²) in [6, 6.07) is 0. The number of carbonyl (C=O) groups excluding carboxylic acids is 13. The van der Waals surface area contributed by atoms with Crippen LogP contribution in [0.4, 0.5) is 0 Å². The van der Waals surface area contributed by atoms with Gasteiger partial charge in [0, 0.05) is 0 Å². The first-order valence-corrected chi connectivity index (χ1v) is 39.3. The lowest BCUT2D eigenvalue weighted by atomic mass is 9.77. The Hall–Kier alpha value is -6.89. The summed E-state index contributed by atoms with van der Waals surface area (Å²) in [5.41, 5.74) is 0. The van der Waals surface area contributed by atoms with E-state index in [0.29, 0.717) is 63.3 Å². The third-order valence-electron chi connectivity index (χ3n) is 20.3. The quantitative estimate of drug-likeness (QED) is 0.0310. The monoisotopic (exact) mass is 1580 g/mol. The molecule has 0 fully saturated rings. The molecule has 0 rings (SSSR count). The molecular weight excluding hydrogens is 1420 g/mol. The van der Waals surface area contributed by atoms with Crippen LogP contribution in [0.3, 0.4) is 0 Å². The maximum atomic E-state index is 13.4. The molecule has 0 spiro atoms. The number of ether oxygens (including phenoxy) is 13. The van der Waals surface area contributed by atoms with E-state index in [1.807, 2.05) is 41.5 Å². The van der Waals surface area contributed by atoms with Crippen LogP contribution in [0.1, 0.15) is 280 Å². The van der Waals surface area contributed by atoms with Crippen molar-refractivity contribution in [3.8, 4) is 0 Å². The largest absolute Gasteiger partial charge is 0.469 e. The van der Waals surface area contributed by atoms with E-state index in [1.54, 1.807) is 13.8 Å². The molecule has 0 heterocycles. The fraction of sp³-hybridized carbons (Fsp3) is 0.845. The molecule has 26 heteroatoms. The van der Waals surface area contributed by atoms with Crippen molar-refractivity contribution in [2.45, 2.75) is 280 Å².